The summed E-state index contributed by atoms with van der Waals surface area (Å²) in [7, 11) is -4.50. The Hall–Kier alpha value is -0.860. The quantitative estimate of drug-likeness (QED) is 0.866. The number of halogens is 4. The molecule has 0 aromatic carbocycles. The predicted molar refractivity (Wildman–Crippen MR) is 55.1 cm³/mol. The molecule has 1 atom stereocenters. The van der Waals surface area contributed by atoms with Gasteiger partial charge in [0.25, 0.3) is 0 Å². The number of pyridine rings is 1. The van der Waals surface area contributed by atoms with Crippen molar-refractivity contribution in [2.75, 3.05) is 0 Å². The molecule has 4 nitrogen and oxygen atoms in total. The van der Waals surface area contributed by atoms with E-state index in [-0.39, 0.29) is 5.15 Å². The second-order valence-electron chi connectivity index (χ2n) is 3.04. The van der Waals surface area contributed by atoms with Crippen molar-refractivity contribution in [3.63, 3.8) is 0 Å². The van der Waals surface area contributed by atoms with E-state index in [1.807, 2.05) is 0 Å². The summed E-state index contributed by atoms with van der Waals surface area (Å²) in [6.45, 7) is 0.397. The molecular formula is C8H8ClF3N2O2S. The van der Waals surface area contributed by atoms with Gasteiger partial charge < -0.3 is 0 Å². The second-order valence-corrected chi connectivity index (χ2v) is 5.11. The summed E-state index contributed by atoms with van der Waals surface area (Å²) in [6.07, 6.45) is -4.24. The first-order valence-corrected chi connectivity index (χ1v) is 6.04. The van der Waals surface area contributed by atoms with Crippen molar-refractivity contribution in [2.24, 2.45) is 0 Å². The molecule has 1 heterocycles. The average Bonchev–Trinajstić information content (AvgIpc) is 2.14. The number of alkyl halides is 3. The van der Waals surface area contributed by atoms with Crippen LogP contribution < -0.4 is 4.72 Å². The van der Waals surface area contributed by atoms with Crippen molar-refractivity contribution >= 4 is 21.6 Å². The summed E-state index contributed by atoms with van der Waals surface area (Å²) in [6, 6.07) is -1.22. The van der Waals surface area contributed by atoms with Gasteiger partial charge in [0, 0.05) is 6.20 Å². The highest BCUT2D eigenvalue weighted by molar-refractivity contribution is 7.89. The molecule has 1 rings (SSSR count). The molecule has 0 radical (unpaired) electrons. The first kappa shape index (κ1) is 12.6. The maximum atomic E-state index is 12.4. The van der Waals surface area contributed by atoms with Gasteiger partial charge in [-0.2, -0.15) is 17.9 Å². The lowest BCUT2D eigenvalue weighted by Gasteiger charge is -2.16. The molecule has 96 valence electrons. The Morgan fingerprint density at radius 2 is 2.12 bits per heavy atom. The van der Waals surface area contributed by atoms with E-state index in [4.69, 9.17) is 13.0 Å². The second kappa shape index (κ2) is 4.79. The monoisotopic (exact) mass is 289 g/mol. The molecule has 1 aromatic heterocycles. The van der Waals surface area contributed by atoms with Gasteiger partial charge in [0.1, 0.15) is 16.1 Å². The van der Waals surface area contributed by atoms with Crippen molar-refractivity contribution in [2.45, 2.75) is 24.0 Å². The van der Waals surface area contributed by atoms with Crippen LogP contribution in [0.15, 0.2) is 23.2 Å². The summed E-state index contributed by atoms with van der Waals surface area (Å²) in [5.74, 6) is 0. The Kier molecular flexibility index (Phi) is 3.55. The molecular weight excluding hydrogens is 281 g/mol. The zero-order valence-electron chi connectivity index (χ0n) is 9.42. The largest absolute Gasteiger partial charge is 0.404 e. The summed E-state index contributed by atoms with van der Waals surface area (Å²) in [5.41, 5.74) is 0. The lowest BCUT2D eigenvalue weighted by Crippen LogP contribution is -2.42. The van der Waals surface area contributed by atoms with Gasteiger partial charge >= 0.3 is 6.18 Å². The fourth-order valence-electron chi connectivity index (χ4n) is 0.840. The molecule has 0 aliphatic carbocycles. The molecule has 0 spiro atoms. The molecule has 1 aromatic rings. The third-order valence-corrected chi connectivity index (χ3v) is 3.38. The van der Waals surface area contributed by atoms with Gasteiger partial charge in [0.15, 0.2) is 0 Å². The third kappa shape index (κ3) is 3.83. The molecule has 0 fully saturated rings. The molecule has 0 aliphatic rings. The van der Waals surface area contributed by atoms with E-state index >= 15 is 0 Å². The smallest absolute Gasteiger partial charge is 0.243 e. The minimum atomic E-state index is -5.04. The average molecular weight is 290 g/mol. The Morgan fingerprint density at radius 1 is 1.53 bits per heavy atom. The van der Waals surface area contributed by atoms with Gasteiger partial charge in [0.2, 0.25) is 10.0 Å². The van der Waals surface area contributed by atoms with Gasteiger partial charge in [-0.25, -0.2) is 13.4 Å². The van der Waals surface area contributed by atoms with Crippen LogP contribution >= 0.6 is 11.6 Å². The van der Waals surface area contributed by atoms with Gasteiger partial charge in [-0.1, -0.05) is 11.6 Å². The van der Waals surface area contributed by atoms with E-state index in [0.717, 1.165) is 18.3 Å². The topological polar surface area (TPSA) is 59.1 Å². The molecule has 1 unspecified atom stereocenters. The van der Waals surface area contributed by atoms with Crippen LogP contribution in [-0.2, 0) is 10.0 Å². The number of sulfonamides is 1. The van der Waals surface area contributed by atoms with E-state index in [9.17, 15) is 21.6 Å². The zero-order chi connectivity index (χ0) is 14.2. The van der Waals surface area contributed by atoms with Crippen LogP contribution in [-0.4, -0.2) is 25.6 Å². The number of hydrogen-bond donors (Lipinski definition) is 1. The van der Waals surface area contributed by atoms with Gasteiger partial charge in [-0.15, -0.1) is 0 Å². The van der Waals surface area contributed by atoms with Crippen LogP contribution in [0.25, 0.3) is 0 Å². The fraction of sp³-hybridized carbons (Fsp3) is 0.375. The number of hydrogen-bond acceptors (Lipinski definition) is 3. The third-order valence-electron chi connectivity index (χ3n) is 1.72. The Balaban J connectivity index is 3.07. The fourth-order valence-corrected chi connectivity index (χ4v) is 2.03. The molecule has 0 amide bonds. The van der Waals surface area contributed by atoms with Crippen LogP contribution in [0.2, 0.25) is 5.15 Å². The molecule has 9 heteroatoms. The van der Waals surface area contributed by atoms with E-state index in [2.05, 4.69) is 4.98 Å². The van der Waals surface area contributed by atoms with Crippen LogP contribution in [0.3, 0.4) is 0 Å². The van der Waals surface area contributed by atoms with Crippen molar-refractivity contribution in [1.82, 2.24) is 9.71 Å². The SMILES string of the molecule is [2H]C(C)(NS(=O)(=O)c1ccc(Cl)nc1)C(F)(F)F. The summed E-state index contributed by atoms with van der Waals surface area (Å²) in [4.78, 5) is 2.94. The molecule has 0 saturated carbocycles. The Morgan fingerprint density at radius 3 is 2.53 bits per heavy atom. The van der Waals surface area contributed by atoms with Crippen LogP contribution in [0.1, 0.15) is 8.29 Å². The highest BCUT2D eigenvalue weighted by Crippen LogP contribution is 2.21. The minimum Gasteiger partial charge on any atom is -0.243 e. The van der Waals surface area contributed by atoms with Gasteiger partial charge in [-0.3, -0.25) is 0 Å². The lowest BCUT2D eigenvalue weighted by atomic mass is 10.4. The zero-order valence-corrected chi connectivity index (χ0v) is 9.99. The first-order valence-electron chi connectivity index (χ1n) is 4.68. The molecule has 1 N–H and O–H groups in total. The van der Waals surface area contributed by atoms with Crippen molar-refractivity contribution in [3.05, 3.63) is 23.5 Å². The number of aromatic nitrogens is 1. The Labute approximate surface area is 102 Å². The van der Waals surface area contributed by atoms with Crippen molar-refractivity contribution < 1.29 is 23.0 Å². The first-order chi connectivity index (χ1) is 7.96. The summed E-state index contributed by atoms with van der Waals surface area (Å²) < 4.78 is 68.6. The maximum Gasteiger partial charge on any atom is 0.404 e. The lowest BCUT2D eigenvalue weighted by molar-refractivity contribution is -0.147. The highest BCUT2D eigenvalue weighted by Gasteiger charge is 2.38. The van der Waals surface area contributed by atoms with Crippen molar-refractivity contribution in [1.29, 1.82) is 0 Å². The van der Waals surface area contributed by atoms with E-state index in [0.29, 0.717) is 6.92 Å². The van der Waals surface area contributed by atoms with E-state index in [1.54, 1.807) is 0 Å². The molecule has 0 saturated heterocycles. The number of nitrogens with zero attached hydrogens (tertiary/aromatic N) is 1. The molecule has 17 heavy (non-hydrogen) atoms. The van der Waals surface area contributed by atoms with Gasteiger partial charge in [0.05, 0.1) is 1.37 Å². The van der Waals surface area contributed by atoms with Crippen molar-refractivity contribution in [3.8, 4) is 0 Å². The standard InChI is InChI=1S/C8H8ClF3N2O2S/c1-5(8(10,11)12)14-17(15,16)6-2-3-7(9)13-4-6/h2-5,14H,1H3/i5D. The van der Waals surface area contributed by atoms with Crippen LogP contribution in [0.5, 0.6) is 0 Å². The van der Waals surface area contributed by atoms with Crippen LogP contribution in [0.4, 0.5) is 13.2 Å². The summed E-state index contributed by atoms with van der Waals surface area (Å²) in [5, 5.41) is -0.00148. The van der Waals surface area contributed by atoms with Crippen LogP contribution in [0, 0.1) is 0 Å². The van der Waals surface area contributed by atoms with E-state index < -0.39 is 27.1 Å². The normalized spacial score (nSPS) is 17.4. The maximum absolute atomic E-state index is 12.4. The summed E-state index contributed by atoms with van der Waals surface area (Å²) >= 11 is 5.42. The number of nitrogens with one attached hydrogen (secondary N) is 1. The van der Waals surface area contributed by atoms with E-state index in [1.165, 1.54) is 4.72 Å². The minimum absolute atomic E-state index is 0.00148. The number of rotatable bonds is 3. The Bertz CT molecular complexity index is 530. The molecule has 0 aliphatic heterocycles. The molecule has 0 bridgehead atoms. The highest BCUT2D eigenvalue weighted by atomic mass is 35.5. The van der Waals surface area contributed by atoms with Gasteiger partial charge in [-0.05, 0) is 19.1 Å². The predicted octanol–water partition coefficient (Wildman–Crippen LogP) is 1.96.